The van der Waals surface area contributed by atoms with Gasteiger partial charge in [-0.25, -0.2) is 0 Å². The zero-order valence-electron chi connectivity index (χ0n) is 11.1. The summed E-state index contributed by atoms with van der Waals surface area (Å²) in [4.78, 5) is 11.9. The van der Waals surface area contributed by atoms with Crippen LogP contribution in [-0.4, -0.2) is 30.8 Å². The molecule has 0 fully saturated rings. The van der Waals surface area contributed by atoms with Crippen molar-refractivity contribution in [3.8, 4) is 5.75 Å². The van der Waals surface area contributed by atoms with Gasteiger partial charge in [0.15, 0.2) is 0 Å². The van der Waals surface area contributed by atoms with Crippen LogP contribution >= 0.6 is 0 Å². The van der Waals surface area contributed by atoms with Crippen LogP contribution in [0.1, 0.15) is 19.4 Å². The van der Waals surface area contributed by atoms with E-state index >= 15 is 0 Å². The molecular formula is C14H21NO3. The highest BCUT2D eigenvalue weighted by molar-refractivity contribution is 5.79. The summed E-state index contributed by atoms with van der Waals surface area (Å²) in [6, 6.07) is 7.23. The number of rotatable bonds is 6. The van der Waals surface area contributed by atoms with Crippen LogP contribution in [0, 0.1) is 5.92 Å². The second-order valence-electron chi connectivity index (χ2n) is 4.59. The number of para-hydroxylation sites is 1. The van der Waals surface area contributed by atoms with Crippen molar-refractivity contribution in [2.24, 2.45) is 5.92 Å². The van der Waals surface area contributed by atoms with Gasteiger partial charge in [0, 0.05) is 5.56 Å². The van der Waals surface area contributed by atoms with E-state index in [9.17, 15) is 9.90 Å². The molecule has 2 N–H and O–H groups in total. The van der Waals surface area contributed by atoms with E-state index in [0.717, 1.165) is 5.56 Å². The molecule has 0 aromatic heterocycles. The number of aliphatic hydroxyl groups is 1. The Bertz CT molecular complexity index is 390. The number of benzene rings is 1. The number of aliphatic hydroxyl groups excluding tert-OH is 1. The molecule has 0 saturated carbocycles. The molecule has 1 aromatic rings. The second kappa shape index (κ2) is 7.01. The van der Waals surface area contributed by atoms with Crippen LogP contribution in [0.3, 0.4) is 0 Å². The van der Waals surface area contributed by atoms with E-state index in [-0.39, 0.29) is 30.9 Å². The molecule has 18 heavy (non-hydrogen) atoms. The molecule has 0 saturated heterocycles. The molecule has 1 aromatic carbocycles. The normalized spacial score (nSPS) is 12.3. The summed E-state index contributed by atoms with van der Waals surface area (Å²) in [6.45, 7) is 3.88. The predicted octanol–water partition coefficient (Wildman–Crippen LogP) is 1.37. The maximum Gasteiger partial charge on any atom is 0.224 e. The maximum atomic E-state index is 11.9. The fourth-order valence-electron chi connectivity index (χ4n) is 1.70. The Hall–Kier alpha value is -1.55. The minimum Gasteiger partial charge on any atom is -0.496 e. The average molecular weight is 251 g/mol. The first-order valence-corrected chi connectivity index (χ1v) is 6.10. The van der Waals surface area contributed by atoms with E-state index in [0.29, 0.717) is 5.75 Å². The molecule has 0 aliphatic rings. The number of hydrogen-bond acceptors (Lipinski definition) is 3. The highest BCUT2D eigenvalue weighted by Crippen LogP contribution is 2.17. The zero-order valence-corrected chi connectivity index (χ0v) is 11.1. The van der Waals surface area contributed by atoms with Gasteiger partial charge in [-0.15, -0.1) is 0 Å². The molecule has 4 heteroatoms. The Morgan fingerprint density at radius 3 is 2.61 bits per heavy atom. The van der Waals surface area contributed by atoms with Crippen molar-refractivity contribution in [1.82, 2.24) is 5.32 Å². The van der Waals surface area contributed by atoms with Gasteiger partial charge in [-0.1, -0.05) is 32.0 Å². The third-order valence-electron chi connectivity index (χ3n) is 2.89. The van der Waals surface area contributed by atoms with Gasteiger partial charge in [0.1, 0.15) is 5.75 Å². The van der Waals surface area contributed by atoms with Crippen LogP contribution in [0.15, 0.2) is 24.3 Å². The number of carbonyl (C=O) groups is 1. The molecule has 4 nitrogen and oxygen atoms in total. The first-order chi connectivity index (χ1) is 8.58. The third kappa shape index (κ3) is 4.04. The van der Waals surface area contributed by atoms with Gasteiger partial charge in [-0.2, -0.15) is 0 Å². The fourth-order valence-corrected chi connectivity index (χ4v) is 1.70. The van der Waals surface area contributed by atoms with Crippen molar-refractivity contribution in [2.45, 2.75) is 26.3 Å². The second-order valence-corrected chi connectivity index (χ2v) is 4.59. The smallest absolute Gasteiger partial charge is 0.224 e. The summed E-state index contributed by atoms with van der Waals surface area (Å²) in [5.41, 5.74) is 0.845. The lowest BCUT2D eigenvalue weighted by molar-refractivity contribution is -0.121. The number of ether oxygens (including phenoxy) is 1. The molecule has 0 bridgehead atoms. The van der Waals surface area contributed by atoms with Crippen LogP contribution in [0.5, 0.6) is 5.75 Å². The molecule has 0 radical (unpaired) electrons. The summed E-state index contributed by atoms with van der Waals surface area (Å²) < 4.78 is 5.20. The Morgan fingerprint density at radius 1 is 1.39 bits per heavy atom. The van der Waals surface area contributed by atoms with Crippen LogP contribution in [0.25, 0.3) is 0 Å². The van der Waals surface area contributed by atoms with Gasteiger partial charge < -0.3 is 15.2 Å². The highest BCUT2D eigenvalue weighted by Gasteiger charge is 2.16. The highest BCUT2D eigenvalue weighted by atomic mass is 16.5. The molecular weight excluding hydrogens is 230 g/mol. The lowest BCUT2D eigenvalue weighted by Gasteiger charge is -2.20. The molecule has 0 heterocycles. The predicted molar refractivity (Wildman–Crippen MR) is 70.6 cm³/mol. The standard InChI is InChI=1S/C14H21NO3/c1-10(2)12(9-16)15-14(17)8-11-6-4-5-7-13(11)18-3/h4-7,10,12,16H,8-9H2,1-3H3,(H,15,17). The first-order valence-electron chi connectivity index (χ1n) is 6.10. The van der Waals surface area contributed by atoms with E-state index in [2.05, 4.69) is 5.32 Å². The van der Waals surface area contributed by atoms with Gasteiger partial charge in [0.25, 0.3) is 0 Å². The Kier molecular flexibility index (Phi) is 5.65. The van der Waals surface area contributed by atoms with Crippen molar-refractivity contribution in [1.29, 1.82) is 0 Å². The average Bonchev–Trinajstić information content (AvgIpc) is 2.36. The minimum atomic E-state index is -0.202. The fraction of sp³-hybridized carbons (Fsp3) is 0.500. The van der Waals surface area contributed by atoms with E-state index in [1.807, 2.05) is 38.1 Å². The molecule has 1 rings (SSSR count). The first kappa shape index (κ1) is 14.5. The van der Waals surface area contributed by atoms with Crippen molar-refractivity contribution in [3.05, 3.63) is 29.8 Å². The zero-order chi connectivity index (χ0) is 13.5. The summed E-state index contributed by atoms with van der Waals surface area (Å²) in [6.07, 6.45) is 0.257. The summed E-state index contributed by atoms with van der Waals surface area (Å²) >= 11 is 0. The lowest BCUT2D eigenvalue weighted by Crippen LogP contribution is -2.41. The Labute approximate surface area is 108 Å². The quantitative estimate of drug-likeness (QED) is 0.803. The van der Waals surface area contributed by atoms with Crippen molar-refractivity contribution >= 4 is 5.91 Å². The van der Waals surface area contributed by atoms with Crippen molar-refractivity contribution < 1.29 is 14.6 Å². The number of methoxy groups -OCH3 is 1. The summed E-state index contributed by atoms with van der Waals surface area (Å²) in [7, 11) is 1.58. The van der Waals surface area contributed by atoms with Crippen molar-refractivity contribution in [2.75, 3.05) is 13.7 Å². The molecule has 1 atom stereocenters. The minimum absolute atomic E-state index is 0.0463. The molecule has 0 aliphatic carbocycles. The third-order valence-corrected chi connectivity index (χ3v) is 2.89. The molecule has 1 unspecified atom stereocenters. The summed E-state index contributed by atoms with van der Waals surface area (Å²) in [5, 5.41) is 12.0. The van der Waals surface area contributed by atoms with Crippen LogP contribution in [-0.2, 0) is 11.2 Å². The number of carbonyl (C=O) groups excluding carboxylic acids is 1. The largest absolute Gasteiger partial charge is 0.496 e. The number of nitrogens with one attached hydrogen (secondary N) is 1. The van der Waals surface area contributed by atoms with E-state index in [4.69, 9.17) is 4.74 Å². The van der Waals surface area contributed by atoms with Gasteiger partial charge >= 0.3 is 0 Å². The topological polar surface area (TPSA) is 58.6 Å². The van der Waals surface area contributed by atoms with E-state index < -0.39 is 0 Å². The van der Waals surface area contributed by atoms with Crippen LogP contribution in [0.4, 0.5) is 0 Å². The Morgan fingerprint density at radius 2 is 2.06 bits per heavy atom. The van der Waals surface area contributed by atoms with Gasteiger partial charge in [-0.05, 0) is 12.0 Å². The lowest BCUT2D eigenvalue weighted by atomic mass is 10.0. The molecule has 1 amide bonds. The molecule has 100 valence electrons. The van der Waals surface area contributed by atoms with Crippen molar-refractivity contribution in [3.63, 3.8) is 0 Å². The molecule has 0 spiro atoms. The van der Waals surface area contributed by atoms with E-state index in [1.165, 1.54) is 0 Å². The molecule has 0 aliphatic heterocycles. The van der Waals surface area contributed by atoms with Gasteiger partial charge in [-0.3, -0.25) is 4.79 Å². The van der Waals surface area contributed by atoms with E-state index in [1.54, 1.807) is 7.11 Å². The SMILES string of the molecule is COc1ccccc1CC(=O)NC(CO)C(C)C. The van der Waals surface area contributed by atoms with Gasteiger partial charge in [0.2, 0.25) is 5.91 Å². The summed E-state index contributed by atoms with van der Waals surface area (Å²) in [5.74, 6) is 0.807. The van der Waals surface area contributed by atoms with Gasteiger partial charge in [0.05, 0.1) is 26.2 Å². The number of hydrogen-bond donors (Lipinski definition) is 2. The maximum absolute atomic E-state index is 11.9. The Balaban J connectivity index is 2.64. The number of amides is 1. The van der Waals surface area contributed by atoms with Crippen LogP contribution in [0.2, 0.25) is 0 Å². The monoisotopic (exact) mass is 251 g/mol. The van der Waals surface area contributed by atoms with Crippen LogP contribution < -0.4 is 10.1 Å².